The van der Waals surface area contributed by atoms with E-state index in [2.05, 4.69) is 42.9 Å². The average Bonchev–Trinajstić information content (AvgIpc) is 2.04. The minimum absolute atomic E-state index is 0.856. The molecule has 0 unspecified atom stereocenters. The van der Waals surface area contributed by atoms with Crippen LogP contribution >= 0.6 is 0 Å². The van der Waals surface area contributed by atoms with Crippen LogP contribution in [0.5, 0.6) is 0 Å². The van der Waals surface area contributed by atoms with E-state index in [-0.39, 0.29) is 0 Å². The van der Waals surface area contributed by atoms with Crippen molar-refractivity contribution in [2.75, 3.05) is 19.0 Å². The minimum atomic E-state index is 0.856. The fourth-order valence-electron chi connectivity index (χ4n) is 1.16. The van der Waals surface area contributed by atoms with Gasteiger partial charge in [0.25, 0.3) is 0 Å². The summed E-state index contributed by atoms with van der Waals surface area (Å²) in [5, 5.41) is 0. The van der Waals surface area contributed by atoms with E-state index in [1.54, 1.807) is 0 Å². The van der Waals surface area contributed by atoms with Gasteiger partial charge in [0.1, 0.15) is 6.54 Å². The van der Waals surface area contributed by atoms with Crippen LogP contribution in [0.3, 0.4) is 0 Å². The van der Waals surface area contributed by atoms with Crippen LogP contribution in [0, 0.1) is 0 Å². The summed E-state index contributed by atoms with van der Waals surface area (Å²) in [4.78, 5) is 2.11. The van der Waals surface area contributed by atoms with Crippen LogP contribution < -0.4 is 10.6 Å². The van der Waals surface area contributed by atoms with Crippen molar-refractivity contribution >= 4 is 5.69 Å². The van der Waals surface area contributed by atoms with Gasteiger partial charge in [-0.25, -0.2) is 0 Å². The van der Waals surface area contributed by atoms with Crippen molar-refractivity contribution in [2.24, 2.45) is 0 Å². The predicted octanol–water partition coefficient (Wildman–Crippen LogP) is 0.495. The van der Waals surface area contributed by atoms with E-state index in [0.717, 1.165) is 6.54 Å². The Labute approximate surface area is 67.6 Å². The van der Waals surface area contributed by atoms with Crippen LogP contribution in [0.25, 0.3) is 0 Å². The first-order valence-electron chi connectivity index (χ1n) is 3.80. The maximum absolute atomic E-state index is 3.87. The number of nitrogens with zero attached hydrogens (tertiary/aromatic N) is 1. The number of rotatable bonds is 2. The fourth-order valence-corrected chi connectivity index (χ4v) is 1.16. The Morgan fingerprint density at radius 3 is 2.36 bits per heavy atom. The zero-order chi connectivity index (χ0) is 8.27. The third kappa shape index (κ3) is 1.71. The average molecular weight is 151 g/mol. The minimum Gasteiger partial charge on any atom is -0.377 e. The molecule has 0 radical (unpaired) electrons. The van der Waals surface area contributed by atoms with Gasteiger partial charge >= 0.3 is 0 Å². The molecule has 0 aromatic heterocycles. The van der Waals surface area contributed by atoms with E-state index in [1.807, 2.05) is 6.07 Å². The third-order valence-electron chi connectivity index (χ3n) is 1.74. The number of anilines is 1. The lowest BCUT2D eigenvalue weighted by Crippen LogP contribution is -2.47. The molecule has 3 N–H and O–H groups in total. The third-order valence-corrected chi connectivity index (χ3v) is 1.74. The number of benzene rings is 1. The molecule has 0 bridgehead atoms. The molecule has 11 heavy (non-hydrogen) atoms. The second kappa shape index (κ2) is 3.39. The first-order valence-corrected chi connectivity index (χ1v) is 3.80. The summed E-state index contributed by atoms with van der Waals surface area (Å²) in [7, 11) is 4.10. The van der Waals surface area contributed by atoms with E-state index in [9.17, 15) is 0 Å². The highest BCUT2D eigenvalue weighted by Crippen LogP contribution is 2.15. The highest BCUT2D eigenvalue weighted by atomic mass is 15.1. The van der Waals surface area contributed by atoms with Crippen LogP contribution in [-0.2, 0) is 6.54 Å². The van der Waals surface area contributed by atoms with Gasteiger partial charge in [0.15, 0.2) is 0 Å². The van der Waals surface area contributed by atoms with Gasteiger partial charge in [0, 0.05) is 25.3 Å². The Morgan fingerprint density at radius 2 is 1.91 bits per heavy atom. The van der Waals surface area contributed by atoms with Gasteiger partial charge in [0.2, 0.25) is 0 Å². The van der Waals surface area contributed by atoms with Crippen molar-refractivity contribution in [3.05, 3.63) is 29.8 Å². The molecule has 1 rings (SSSR count). The molecule has 0 spiro atoms. The van der Waals surface area contributed by atoms with E-state index in [1.165, 1.54) is 11.3 Å². The number of hydrogen-bond donors (Lipinski definition) is 1. The van der Waals surface area contributed by atoms with Crippen LogP contribution in [0.4, 0.5) is 5.69 Å². The first-order chi connectivity index (χ1) is 5.25. The lowest BCUT2D eigenvalue weighted by molar-refractivity contribution is -0.386. The van der Waals surface area contributed by atoms with Crippen molar-refractivity contribution in [1.82, 2.24) is 0 Å². The molecule has 0 aliphatic rings. The maximum Gasteiger partial charge on any atom is 0.102 e. The van der Waals surface area contributed by atoms with Gasteiger partial charge in [-0.05, 0) is 6.07 Å². The number of para-hydroxylation sites is 1. The van der Waals surface area contributed by atoms with Crippen molar-refractivity contribution in [1.29, 1.82) is 0 Å². The van der Waals surface area contributed by atoms with E-state index in [0.29, 0.717) is 0 Å². The Morgan fingerprint density at radius 1 is 1.27 bits per heavy atom. The lowest BCUT2D eigenvalue weighted by Gasteiger charge is -2.14. The smallest absolute Gasteiger partial charge is 0.102 e. The summed E-state index contributed by atoms with van der Waals surface area (Å²) in [6, 6.07) is 8.32. The Hall–Kier alpha value is -1.02. The molecule has 2 heteroatoms. The number of hydrogen-bond acceptors (Lipinski definition) is 1. The molecule has 0 saturated heterocycles. The zero-order valence-corrected chi connectivity index (χ0v) is 7.17. The van der Waals surface area contributed by atoms with Crippen molar-refractivity contribution < 1.29 is 5.73 Å². The van der Waals surface area contributed by atoms with E-state index >= 15 is 0 Å². The van der Waals surface area contributed by atoms with Crippen LogP contribution in [0.15, 0.2) is 24.3 Å². The van der Waals surface area contributed by atoms with Gasteiger partial charge in [-0.15, -0.1) is 0 Å². The topological polar surface area (TPSA) is 30.9 Å². The zero-order valence-electron chi connectivity index (χ0n) is 7.17. The molecule has 1 aromatic carbocycles. The summed E-state index contributed by atoms with van der Waals surface area (Å²) in [6.45, 7) is 0.856. The molecule has 0 amide bonds. The summed E-state index contributed by atoms with van der Waals surface area (Å²) < 4.78 is 0. The van der Waals surface area contributed by atoms with Gasteiger partial charge in [-0.3, -0.25) is 0 Å². The highest BCUT2D eigenvalue weighted by molar-refractivity contribution is 5.51. The van der Waals surface area contributed by atoms with E-state index in [4.69, 9.17) is 0 Å². The molecule has 1 aromatic rings. The van der Waals surface area contributed by atoms with Crippen molar-refractivity contribution in [3.63, 3.8) is 0 Å². The number of quaternary nitrogens is 1. The van der Waals surface area contributed by atoms with Crippen LogP contribution in [0.2, 0.25) is 0 Å². The summed E-state index contributed by atoms with van der Waals surface area (Å²) in [6.07, 6.45) is 0. The Bertz CT molecular complexity index is 231. The lowest BCUT2D eigenvalue weighted by atomic mass is 10.2. The second-order valence-electron chi connectivity index (χ2n) is 2.77. The normalized spacial score (nSPS) is 9.73. The second-order valence-corrected chi connectivity index (χ2v) is 2.77. The Kier molecular flexibility index (Phi) is 2.49. The van der Waals surface area contributed by atoms with Gasteiger partial charge in [-0.1, -0.05) is 18.2 Å². The van der Waals surface area contributed by atoms with Gasteiger partial charge in [0.05, 0.1) is 0 Å². The van der Waals surface area contributed by atoms with Crippen molar-refractivity contribution in [2.45, 2.75) is 6.54 Å². The SMILES string of the molecule is CN(C)c1ccccc1C[NH3+]. The molecule has 0 atom stereocenters. The quantitative estimate of drug-likeness (QED) is 0.655. The molecule has 0 saturated carbocycles. The van der Waals surface area contributed by atoms with E-state index < -0.39 is 0 Å². The molecule has 0 fully saturated rings. The van der Waals surface area contributed by atoms with Gasteiger partial charge in [-0.2, -0.15) is 0 Å². The molecule has 60 valence electrons. The van der Waals surface area contributed by atoms with Gasteiger partial charge < -0.3 is 10.6 Å². The first kappa shape index (κ1) is 8.08. The highest BCUT2D eigenvalue weighted by Gasteiger charge is 2.01. The van der Waals surface area contributed by atoms with Crippen LogP contribution in [0.1, 0.15) is 5.56 Å². The monoisotopic (exact) mass is 151 g/mol. The fraction of sp³-hybridized carbons (Fsp3) is 0.333. The molecular formula is C9H15N2+. The van der Waals surface area contributed by atoms with Crippen molar-refractivity contribution in [3.8, 4) is 0 Å². The molecular weight excluding hydrogens is 136 g/mol. The summed E-state index contributed by atoms with van der Waals surface area (Å²) in [5.74, 6) is 0. The summed E-state index contributed by atoms with van der Waals surface area (Å²) in [5.41, 5.74) is 6.44. The largest absolute Gasteiger partial charge is 0.377 e. The predicted molar refractivity (Wildman–Crippen MR) is 47.4 cm³/mol. The summed E-state index contributed by atoms with van der Waals surface area (Å²) >= 11 is 0. The maximum atomic E-state index is 3.87. The molecule has 0 heterocycles. The standard InChI is InChI=1S/C9H14N2/c1-11(2)9-6-4-3-5-8(9)7-10/h3-6H,7,10H2,1-2H3/p+1. The molecule has 0 aliphatic heterocycles. The Balaban J connectivity index is 3.02. The molecule has 0 aliphatic carbocycles. The molecule has 2 nitrogen and oxygen atoms in total. The van der Waals surface area contributed by atoms with Crippen LogP contribution in [-0.4, -0.2) is 14.1 Å².